The van der Waals surface area contributed by atoms with Gasteiger partial charge in [0.2, 0.25) is 0 Å². The summed E-state index contributed by atoms with van der Waals surface area (Å²) in [6.07, 6.45) is 4.07. The van der Waals surface area contributed by atoms with Gasteiger partial charge in [0.25, 0.3) is 0 Å². The van der Waals surface area contributed by atoms with E-state index in [0.29, 0.717) is 11.2 Å². The minimum atomic E-state index is 0.668. The molecule has 0 aromatic carbocycles. The summed E-state index contributed by atoms with van der Waals surface area (Å²) in [4.78, 5) is 6.22. The third-order valence-electron chi connectivity index (χ3n) is 3.20. The second-order valence-corrected chi connectivity index (χ2v) is 7.87. The average molecular weight is 284 g/mol. The van der Waals surface area contributed by atoms with Crippen LogP contribution in [0.5, 0.6) is 0 Å². The van der Waals surface area contributed by atoms with Crippen LogP contribution < -0.4 is 5.32 Å². The lowest BCUT2D eigenvalue weighted by Crippen LogP contribution is -2.18. The third kappa shape index (κ3) is 3.97. The van der Waals surface area contributed by atoms with Crippen molar-refractivity contribution in [3.63, 3.8) is 0 Å². The highest BCUT2D eigenvalue weighted by Gasteiger charge is 2.20. The van der Waals surface area contributed by atoms with Crippen LogP contribution in [0, 0.1) is 12.8 Å². The van der Waals surface area contributed by atoms with E-state index >= 15 is 0 Å². The van der Waals surface area contributed by atoms with Crippen molar-refractivity contribution in [3.05, 3.63) is 15.6 Å². The molecule has 1 aromatic heterocycles. The molecule has 1 saturated heterocycles. The van der Waals surface area contributed by atoms with E-state index in [1.54, 1.807) is 0 Å². The van der Waals surface area contributed by atoms with E-state index in [1.165, 1.54) is 40.6 Å². The summed E-state index contributed by atoms with van der Waals surface area (Å²) in [5, 5.41) is 5.55. The summed E-state index contributed by atoms with van der Waals surface area (Å²) in [5.74, 6) is 2.02. The van der Waals surface area contributed by atoms with Crippen LogP contribution in [0.4, 0.5) is 0 Å². The second kappa shape index (κ2) is 6.92. The monoisotopic (exact) mass is 284 g/mol. The van der Waals surface area contributed by atoms with Gasteiger partial charge in [0.1, 0.15) is 5.01 Å². The van der Waals surface area contributed by atoms with Crippen molar-refractivity contribution in [1.82, 2.24) is 10.3 Å². The fourth-order valence-corrected chi connectivity index (χ4v) is 4.75. The molecule has 18 heavy (non-hydrogen) atoms. The molecule has 1 aliphatic heterocycles. The summed E-state index contributed by atoms with van der Waals surface area (Å²) in [6, 6.07) is 0. The highest BCUT2D eigenvalue weighted by molar-refractivity contribution is 7.99. The van der Waals surface area contributed by atoms with E-state index in [-0.39, 0.29) is 0 Å². The van der Waals surface area contributed by atoms with Gasteiger partial charge in [0.15, 0.2) is 0 Å². The summed E-state index contributed by atoms with van der Waals surface area (Å²) < 4.78 is 0. The molecule has 0 saturated carbocycles. The quantitative estimate of drug-likeness (QED) is 0.879. The lowest BCUT2D eigenvalue weighted by molar-refractivity contribution is 0.554. The molecule has 0 bridgehead atoms. The van der Waals surface area contributed by atoms with Crippen LogP contribution in [0.25, 0.3) is 0 Å². The fraction of sp³-hybridized carbons (Fsp3) is 0.786. The minimum absolute atomic E-state index is 0.668. The predicted octanol–water partition coefficient (Wildman–Crippen LogP) is 4.16. The molecule has 2 rings (SSSR count). The van der Waals surface area contributed by atoms with Crippen LogP contribution in [0.15, 0.2) is 0 Å². The third-order valence-corrected chi connectivity index (χ3v) is 6.01. The van der Waals surface area contributed by atoms with Crippen molar-refractivity contribution in [2.45, 2.75) is 51.8 Å². The Morgan fingerprint density at radius 3 is 2.89 bits per heavy atom. The Hall–Kier alpha value is -0.0600. The van der Waals surface area contributed by atoms with Crippen molar-refractivity contribution in [2.75, 3.05) is 12.3 Å². The van der Waals surface area contributed by atoms with Gasteiger partial charge in [-0.05, 0) is 38.0 Å². The topological polar surface area (TPSA) is 24.9 Å². The van der Waals surface area contributed by atoms with Crippen LogP contribution in [0.1, 0.15) is 53.9 Å². The molecule has 0 amide bonds. The molecule has 1 unspecified atom stereocenters. The molecule has 4 heteroatoms. The van der Waals surface area contributed by atoms with Crippen LogP contribution >= 0.6 is 23.1 Å². The summed E-state index contributed by atoms with van der Waals surface area (Å²) in [7, 11) is 0. The van der Waals surface area contributed by atoms with Crippen molar-refractivity contribution in [3.8, 4) is 0 Å². The van der Waals surface area contributed by atoms with Crippen molar-refractivity contribution in [1.29, 1.82) is 0 Å². The van der Waals surface area contributed by atoms with Crippen LogP contribution in [0.2, 0.25) is 0 Å². The Kier molecular flexibility index (Phi) is 5.52. The van der Waals surface area contributed by atoms with Gasteiger partial charge in [0.05, 0.1) is 10.9 Å². The first-order valence-corrected chi connectivity index (χ1v) is 8.82. The summed E-state index contributed by atoms with van der Waals surface area (Å²) in [6.45, 7) is 8.72. The maximum atomic E-state index is 4.79. The fourth-order valence-electron chi connectivity index (χ4n) is 2.16. The van der Waals surface area contributed by atoms with Gasteiger partial charge < -0.3 is 5.32 Å². The van der Waals surface area contributed by atoms with Gasteiger partial charge >= 0.3 is 0 Å². The first kappa shape index (κ1) is 14.4. The molecule has 2 nitrogen and oxygen atoms in total. The van der Waals surface area contributed by atoms with E-state index in [4.69, 9.17) is 4.98 Å². The lowest BCUT2D eigenvalue weighted by atomic mass is 10.2. The molecule has 0 radical (unpaired) electrons. The van der Waals surface area contributed by atoms with Gasteiger partial charge in [-0.1, -0.05) is 20.3 Å². The maximum Gasteiger partial charge on any atom is 0.106 e. The Morgan fingerprint density at radius 2 is 2.22 bits per heavy atom. The number of hydrogen-bond donors (Lipinski definition) is 1. The SMILES string of the molecule is Cc1nc(C2CCCCS2)sc1CNCC(C)C. The smallest absolute Gasteiger partial charge is 0.106 e. The zero-order valence-electron chi connectivity index (χ0n) is 11.7. The van der Waals surface area contributed by atoms with Gasteiger partial charge in [-0.2, -0.15) is 11.8 Å². The minimum Gasteiger partial charge on any atom is -0.312 e. The number of thiazole rings is 1. The standard InChI is InChI=1S/C14H24N2S2/c1-10(2)8-15-9-13-11(3)16-14(18-13)12-6-4-5-7-17-12/h10,12,15H,4-9H2,1-3H3. The van der Waals surface area contributed by atoms with Crippen LogP contribution in [0.3, 0.4) is 0 Å². The zero-order valence-corrected chi connectivity index (χ0v) is 13.3. The van der Waals surface area contributed by atoms with Crippen LogP contribution in [-0.4, -0.2) is 17.3 Å². The first-order chi connectivity index (χ1) is 8.66. The van der Waals surface area contributed by atoms with E-state index < -0.39 is 0 Å². The highest BCUT2D eigenvalue weighted by atomic mass is 32.2. The van der Waals surface area contributed by atoms with Crippen molar-refractivity contribution >= 4 is 23.1 Å². The summed E-state index contributed by atoms with van der Waals surface area (Å²) in [5.41, 5.74) is 1.23. The zero-order chi connectivity index (χ0) is 13.0. The summed E-state index contributed by atoms with van der Waals surface area (Å²) >= 11 is 4.02. The number of nitrogens with zero attached hydrogens (tertiary/aromatic N) is 1. The van der Waals surface area contributed by atoms with E-state index in [0.717, 1.165) is 13.1 Å². The lowest BCUT2D eigenvalue weighted by Gasteiger charge is -2.18. The molecule has 1 fully saturated rings. The highest BCUT2D eigenvalue weighted by Crippen LogP contribution is 2.40. The molecule has 1 aliphatic rings. The molecule has 1 atom stereocenters. The Morgan fingerprint density at radius 1 is 1.39 bits per heavy atom. The number of nitrogens with one attached hydrogen (secondary N) is 1. The number of aromatic nitrogens is 1. The average Bonchev–Trinajstić information content (AvgIpc) is 2.72. The molecular formula is C14H24N2S2. The van der Waals surface area contributed by atoms with Gasteiger partial charge in [-0.25, -0.2) is 4.98 Å². The Bertz CT molecular complexity index is 368. The van der Waals surface area contributed by atoms with Gasteiger partial charge in [0, 0.05) is 11.4 Å². The number of thioether (sulfide) groups is 1. The maximum absolute atomic E-state index is 4.79. The Balaban J connectivity index is 1.93. The van der Waals surface area contributed by atoms with Gasteiger partial charge in [-0.15, -0.1) is 11.3 Å². The second-order valence-electron chi connectivity index (χ2n) is 5.44. The van der Waals surface area contributed by atoms with Crippen molar-refractivity contribution < 1.29 is 0 Å². The molecule has 0 spiro atoms. The molecule has 102 valence electrons. The van der Waals surface area contributed by atoms with Gasteiger partial charge in [-0.3, -0.25) is 0 Å². The predicted molar refractivity (Wildman–Crippen MR) is 82.4 cm³/mol. The number of aryl methyl sites for hydroxylation is 1. The molecule has 1 N–H and O–H groups in total. The normalized spacial score (nSPS) is 20.6. The van der Waals surface area contributed by atoms with Crippen molar-refractivity contribution in [2.24, 2.45) is 5.92 Å². The molecular weight excluding hydrogens is 260 g/mol. The molecule has 1 aromatic rings. The van der Waals surface area contributed by atoms with E-state index in [9.17, 15) is 0 Å². The first-order valence-electron chi connectivity index (χ1n) is 6.95. The van der Waals surface area contributed by atoms with E-state index in [2.05, 4.69) is 37.8 Å². The number of rotatable bonds is 5. The molecule has 0 aliphatic carbocycles. The number of hydrogen-bond acceptors (Lipinski definition) is 4. The largest absolute Gasteiger partial charge is 0.312 e. The van der Waals surface area contributed by atoms with E-state index in [1.807, 2.05) is 11.3 Å². The Labute approximate surface area is 119 Å². The van der Waals surface area contributed by atoms with Crippen LogP contribution in [-0.2, 0) is 6.54 Å². The molecule has 2 heterocycles.